The van der Waals surface area contributed by atoms with Crippen LogP contribution in [0.2, 0.25) is 0 Å². The summed E-state index contributed by atoms with van der Waals surface area (Å²) in [5.41, 5.74) is 0.0430. The summed E-state index contributed by atoms with van der Waals surface area (Å²) >= 11 is 1.30. The molecule has 1 heterocycles. The van der Waals surface area contributed by atoms with Gasteiger partial charge in [-0.25, -0.2) is 8.78 Å². The highest BCUT2D eigenvalue weighted by Gasteiger charge is 2.24. The SMILES string of the molecule is CCc1ccc(C(=O)C(C#N)c2cc(F)cc(F)c2)s1. The minimum absolute atomic E-state index is 0.0430. The predicted octanol–water partition coefficient (Wildman–Crippen LogP) is 4.08. The standard InChI is InChI=1S/C15H11F2NOS/c1-2-12-3-4-14(20-12)15(19)13(8-18)9-5-10(16)7-11(17)6-9/h3-7,13H,2H2,1H3. The molecule has 2 nitrogen and oxygen atoms in total. The Balaban J connectivity index is 2.37. The summed E-state index contributed by atoms with van der Waals surface area (Å²) in [5.74, 6) is -3.22. The molecule has 0 fully saturated rings. The number of nitrogens with zero attached hydrogens (tertiary/aromatic N) is 1. The number of hydrogen-bond acceptors (Lipinski definition) is 3. The fourth-order valence-electron chi connectivity index (χ4n) is 1.87. The fraction of sp³-hybridized carbons (Fsp3) is 0.200. The minimum Gasteiger partial charge on any atom is -0.291 e. The van der Waals surface area contributed by atoms with Gasteiger partial charge in [-0.2, -0.15) is 5.26 Å². The van der Waals surface area contributed by atoms with Crippen LogP contribution in [0.25, 0.3) is 0 Å². The van der Waals surface area contributed by atoms with E-state index in [2.05, 4.69) is 0 Å². The summed E-state index contributed by atoms with van der Waals surface area (Å²) in [6.07, 6.45) is 0.795. The predicted molar refractivity (Wildman–Crippen MR) is 72.7 cm³/mol. The van der Waals surface area contributed by atoms with E-state index in [1.54, 1.807) is 6.07 Å². The Bertz CT molecular complexity index is 667. The van der Waals surface area contributed by atoms with E-state index in [1.807, 2.05) is 19.1 Å². The van der Waals surface area contributed by atoms with Crippen LogP contribution in [0.5, 0.6) is 0 Å². The lowest BCUT2D eigenvalue weighted by molar-refractivity contribution is 0.0982. The maximum Gasteiger partial charge on any atom is 0.194 e. The van der Waals surface area contributed by atoms with Crippen molar-refractivity contribution in [2.75, 3.05) is 0 Å². The highest BCUT2D eigenvalue weighted by atomic mass is 32.1. The zero-order chi connectivity index (χ0) is 14.7. The molecule has 102 valence electrons. The lowest BCUT2D eigenvalue weighted by Gasteiger charge is -2.07. The molecule has 20 heavy (non-hydrogen) atoms. The fourth-order valence-corrected chi connectivity index (χ4v) is 2.79. The number of Topliss-reactive ketones (excluding diaryl/α,β-unsaturated/α-hetero) is 1. The van der Waals surface area contributed by atoms with Gasteiger partial charge in [0.05, 0.1) is 10.9 Å². The van der Waals surface area contributed by atoms with Crippen molar-refractivity contribution < 1.29 is 13.6 Å². The Hall–Kier alpha value is -2.06. The molecule has 1 atom stereocenters. The molecule has 2 rings (SSSR count). The largest absolute Gasteiger partial charge is 0.291 e. The van der Waals surface area contributed by atoms with E-state index in [-0.39, 0.29) is 5.56 Å². The van der Waals surface area contributed by atoms with Crippen molar-refractivity contribution in [2.45, 2.75) is 19.3 Å². The number of nitriles is 1. The Labute approximate surface area is 119 Å². The quantitative estimate of drug-likeness (QED) is 0.796. The smallest absolute Gasteiger partial charge is 0.194 e. The number of benzene rings is 1. The first-order chi connectivity index (χ1) is 9.55. The maximum atomic E-state index is 13.2. The van der Waals surface area contributed by atoms with Crippen LogP contribution in [0.15, 0.2) is 30.3 Å². The Morgan fingerprint density at radius 1 is 1.30 bits per heavy atom. The van der Waals surface area contributed by atoms with Crippen LogP contribution >= 0.6 is 11.3 Å². The third kappa shape index (κ3) is 2.91. The van der Waals surface area contributed by atoms with Gasteiger partial charge in [0.1, 0.15) is 17.6 Å². The average molecular weight is 291 g/mol. The molecule has 0 bridgehead atoms. The van der Waals surface area contributed by atoms with Gasteiger partial charge in [0.25, 0.3) is 0 Å². The molecule has 0 aliphatic rings. The van der Waals surface area contributed by atoms with Crippen LogP contribution in [0.3, 0.4) is 0 Å². The van der Waals surface area contributed by atoms with Crippen molar-refractivity contribution in [3.05, 3.63) is 57.3 Å². The second-order valence-electron chi connectivity index (χ2n) is 4.25. The van der Waals surface area contributed by atoms with E-state index in [9.17, 15) is 13.6 Å². The topological polar surface area (TPSA) is 40.9 Å². The molecular weight excluding hydrogens is 280 g/mol. The van der Waals surface area contributed by atoms with Gasteiger partial charge < -0.3 is 0 Å². The van der Waals surface area contributed by atoms with E-state index < -0.39 is 23.3 Å². The monoisotopic (exact) mass is 291 g/mol. The van der Waals surface area contributed by atoms with Crippen LogP contribution in [0.1, 0.15) is 33.0 Å². The van der Waals surface area contributed by atoms with E-state index >= 15 is 0 Å². The minimum atomic E-state index is -1.19. The van der Waals surface area contributed by atoms with E-state index in [0.717, 1.165) is 23.4 Å². The molecule has 1 aromatic carbocycles. The molecule has 0 spiro atoms. The van der Waals surface area contributed by atoms with E-state index in [1.165, 1.54) is 11.3 Å². The first-order valence-corrected chi connectivity index (χ1v) is 6.85. The first kappa shape index (κ1) is 14.4. The van der Waals surface area contributed by atoms with Crippen molar-refractivity contribution in [1.29, 1.82) is 5.26 Å². The summed E-state index contributed by atoms with van der Waals surface area (Å²) < 4.78 is 26.4. The van der Waals surface area contributed by atoms with Gasteiger partial charge in [0.15, 0.2) is 5.78 Å². The maximum absolute atomic E-state index is 13.2. The second kappa shape index (κ2) is 5.93. The van der Waals surface area contributed by atoms with Gasteiger partial charge in [0, 0.05) is 10.9 Å². The summed E-state index contributed by atoms with van der Waals surface area (Å²) in [5, 5.41) is 9.15. The van der Waals surface area contributed by atoms with Gasteiger partial charge in [-0.15, -0.1) is 11.3 Å². The van der Waals surface area contributed by atoms with Gasteiger partial charge in [-0.1, -0.05) is 6.92 Å². The number of carbonyl (C=O) groups is 1. The Morgan fingerprint density at radius 3 is 2.45 bits per heavy atom. The second-order valence-corrected chi connectivity index (χ2v) is 5.42. The molecule has 1 unspecified atom stereocenters. The third-order valence-corrected chi connectivity index (χ3v) is 4.11. The molecule has 5 heteroatoms. The number of ketones is 1. The molecule has 0 amide bonds. The number of aryl methyl sites for hydroxylation is 1. The Kier molecular flexibility index (Phi) is 4.26. The lowest BCUT2D eigenvalue weighted by Crippen LogP contribution is -2.10. The van der Waals surface area contributed by atoms with Gasteiger partial charge in [-0.05, 0) is 36.2 Å². The number of carbonyl (C=O) groups excluding carboxylic acids is 1. The molecule has 0 saturated carbocycles. The van der Waals surface area contributed by atoms with Gasteiger partial charge >= 0.3 is 0 Å². The molecule has 0 aliphatic carbocycles. The van der Waals surface area contributed by atoms with Crippen LogP contribution < -0.4 is 0 Å². The number of rotatable bonds is 4. The highest BCUT2D eigenvalue weighted by molar-refractivity contribution is 7.14. The summed E-state index contributed by atoms with van der Waals surface area (Å²) in [4.78, 5) is 13.7. The van der Waals surface area contributed by atoms with Gasteiger partial charge in [-0.3, -0.25) is 4.79 Å². The van der Waals surface area contributed by atoms with Crippen LogP contribution in [0.4, 0.5) is 8.78 Å². The molecule has 0 N–H and O–H groups in total. The third-order valence-electron chi connectivity index (χ3n) is 2.86. The average Bonchev–Trinajstić information content (AvgIpc) is 2.87. The first-order valence-electron chi connectivity index (χ1n) is 6.03. The van der Waals surface area contributed by atoms with Crippen LogP contribution in [-0.4, -0.2) is 5.78 Å². The highest BCUT2D eigenvalue weighted by Crippen LogP contribution is 2.26. The van der Waals surface area contributed by atoms with Crippen LogP contribution in [0, 0.1) is 23.0 Å². The van der Waals surface area contributed by atoms with Crippen molar-refractivity contribution in [3.8, 4) is 6.07 Å². The van der Waals surface area contributed by atoms with E-state index in [0.29, 0.717) is 10.9 Å². The summed E-state index contributed by atoms with van der Waals surface area (Å²) in [7, 11) is 0. The molecule has 1 aromatic heterocycles. The normalized spacial score (nSPS) is 11.9. The molecule has 0 radical (unpaired) electrons. The Morgan fingerprint density at radius 2 is 1.95 bits per heavy atom. The summed E-state index contributed by atoms with van der Waals surface area (Å²) in [6, 6.07) is 8.03. The molecule has 0 aliphatic heterocycles. The van der Waals surface area contributed by atoms with Crippen molar-refractivity contribution in [1.82, 2.24) is 0 Å². The van der Waals surface area contributed by atoms with Gasteiger partial charge in [0.2, 0.25) is 0 Å². The molecule has 0 saturated heterocycles. The van der Waals surface area contributed by atoms with Crippen LogP contribution in [-0.2, 0) is 6.42 Å². The number of thiophene rings is 1. The zero-order valence-corrected chi connectivity index (χ0v) is 11.5. The summed E-state index contributed by atoms with van der Waals surface area (Å²) in [6.45, 7) is 1.96. The van der Waals surface area contributed by atoms with Crippen molar-refractivity contribution in [2.24, 2.45) is 0 Å². The zero-order valence-electron chi connectivity index (χ0n) is 10.7. The number of halogens is 2. The van der Waals surface area contributed by atoms with Crippen molar-refractivity contribution >= 4 is 17.1 Å². The molecule has 2 aromatic rings. The lowest BCUT2D eigenvalue weighted by atomic mass is 9.95. The van der Waals surface area contributed by atoms with E-state index in [4.69, 9.17) is 5.26 Å². The molecular formula is C15H11F2NOS. The number of hydrogen-bond donors (Lipinski definition) is 0. The van der Waals surface area contributed by atoms with Crippen molar-refractivity contribution in [3.63, 3.8) is 0 Å².